The van der Waals surface area contributed by atoms with Crippen LogP contribution in [0.3, 0.4) is 0 Å². The Bertz CT molecular complexity index is 1410. The maximum Gasteiger partial charge on any atom is 0.471 e. The number of nitrogens with one attached hydrogen (secondary N) is 1. The summed E-state index contributed by atoms with van der Waals surface area (Å²) in [7, 11) is 1.68. The number of rotatable bonds is 8. The third-order valence-corrected chi connectivity index (χ3v) is 6.38. The van der Waals surface area contributed by atoms with Gasteiger partial charge in [0.15, 0.2) is 11.3 Å². The Balaban J connectivity index is 1.60. The van der Waals surface area contributed by atoms with Crippen LogP contribution < -0.4 is 10.3 Å². The largest absolute Gasteiger partial charge is 0.493 e. The van der Waals surface area contributed by atoms with Gasteiger partial charge in [-0.05, 0) is 31.5 Å². The highest BCUT2D eigenvalue weighted by atomic mass is 19.4. The second-order valence-corrected chi connectivity index (χ2v) is 9.07. The van der Waals surface area contributed by atoms with E-state index >= 15 is 0 Å². The molecule has 0 radical (unpaired) electrons. The molecule has 0 bridgehead atoms. The van der Waals surface area contributed by atoms with Gasteiger partial charge in [0.1, 0.15) is 17.1 Å². The summed E-state index contributed by atoms with van der Waals surface area (Å²) in [5, 5.41) is 4.43. The summed E-state index contributed by atoms with van der Waals surface area (Å²) in [6.45, 7) is 4.19. The van der Waals surface area contributed by atoms with Gasteiger partial charge in [-0.1, -0.05) is 13.3 Å². The topological polar surface area (TPSA) is 113 Å². The number of Topliss-reactive ketones (excluding diaryl/α,β-unsaturated/α-hetero) is 1. The number of ketones is 1. The molecule has 38 heavy (non-hydrogen) atoms. The number of benzene rings is 1. The van der Waals surface area contributed by atoms with Gasteiger partial charge in [-0.3, -0.25) is 24.0 Å². The molecule has 3 aromatic rings. The fourth-order valence-corrected chi connectivity index (χ4v) is 4.53. The Morgan fingerprint density at radius 3 is 2.47 bits per heavy atom. The Morgan fingerprint density at radius 1 is 1.13 bits per heavy atom. The van der Waals surface area contributed by atoms with E-state index in [1.807, 2.05) is 13.8 Å². The van der Waals surface area contributed by atoms with Gasteiger partial charge in [0.05, 0.1) is 24.4 Å². The van der Waals surface area contributed by atoms with E-state index in [0.717, 1.165) is 11.3 Å². The van der Waals surface area contributed by atoms with Gasteiger partial charge in [-0.15, -0.1) is 0 Å². The zero-order valence-electron chi connectivity index (χ0n) is 21.4. The van der Waals surface area contributed by atoms with Crippen LogP contribution in [0.1, 0.15) is 36.3 Å². The zero-order chi connectivity index (χ0) is 27.6. The molecule has 4 rings (SSSR count). The minimum absolute atomic E-state index is 0.0340. The summed E-state index contributed by atoms with van der Waals surface area (Å²) in [4.78, 5) is 47.4. The molecule has 3 heterocycles. The summed E-state index contributed by atoms with van der Waals surface area (Å²) in [5.41, 5.74) is 1.94. The van der Waals surface area contributed by atoms with Gasteiger partial charge < -0.3 is 14.6 Å². The molecule has 1 aromatic carbocycles. The van der Waals surface area contributed by atoms with E-state index in [2.05, 4.69) is 15.1 Å². The molecule has 13 heteroatoms. The number of piperazine rings is 1. The van der Waals surface area contributed by atoms with E-state index in [1.165, 1.54) is 4.68 Å². The number of amides is 1. The van der Waals surface area contributed by atoms with Crippen LogP contribution in [0.5, 0.6) is 5.75 Å². The number of aromatic nitrogens is 4. The lowest BCUT2D eigenvalue weighted by atomic mass is 10.0. The predicted octanol–water partition coefficient (Wildman–Crippen LogP) is 2.56. The average molecular weight is 535 g/mol. The molecule has 0 atom stereocenters. The van der Waals surface area contributed by atoms with Crippen molar-refractivity contribution in [1.82, 2.24) is 29.5 Å². The fourth-order valence-electron chi connectivity index (χ4n) is 4.53. The minimum Gasteiger partial charge on any atom is -0.493 e. The maximum absolute atomic E-state index is 13.1. The quantitative estimate of drug-likeness (QED) is 0.442. The number of hydrogen-bond acceptors (Lipinski definition) is 7. The van der Waals surface area contributed by atoms with Crippen molar-refractivity contribution in [3.63, 3.8) is 0 Å². The van der Waals surface area contributed by atoms with E-state index < -0.39 is 12.1 Å². The standard InChI is InChI=1S/C25H29F3N6O4/c1-4-6-17-20-21(32(3)31-17)23(36)30-22(29-20)16-13-15(7-8-19(16)38-5-2)18(35)14-33-9-11-34(12-10-33)24(37)25(26,27)28/h7-8,13H,4-6,9-12,14H2,1-3H3,(H,29,30,36). The van der Waals surface area contributed by atoms with Gasteiger partial charge >= 0.3 is 12.1 Å². The Kier molecular flexibility index (Phi) is 7.86. The van der Waals surface area contributed by atoms with Crippen molar-refractivity contribution in [1.29, 1.82) is 0 Å². The number of aromatic amines is 1. The minimum atomic E-state index is -4.91. The number of ether oxygens (including phenoxy) is 1. The molecule has 1 aliphatic rings. The molecule has 1 fully saturated rings. The first kappa shape index (κ1) is 27.3. The number of halogens is 3. The molecule has 0 saturated carbocycles. The molecule has 1 N–H and O–H groups in total. The Labute approximate surface area is 216 Å². The van der Waals surface area contributed by atoms with E-state index in [-0.39, 0.29) is 49.9 Å². The zero-order valence-corrected chi connectivity index (χ0v) is 21.4. The molecule has 2 aromatic heterocycles. The molecule has 204 valence electrons. The van der Waals surface area contributed by atoms with Crippen LogP contribution in [0.2, 0.25) is 0 Å². The SMILES string of the molecule is CCCc1nn(C)c2c(=O)[nH]c(-c3cc(C(=O)CN4CCN(C(=O)C(F)(F)F)CC4)ccc3OCC)nc12. The number of fused-ring (bicyclic) bond motifs is 1. The van der Waals surface area contributed by atoms with Crippen LogP contribution in [0.25, 0.3) is 22.4 Å². The van der Waals surface area contributed by atoms with Crippen molar-refractivity contribution >= 4 is 22.7 Å². The number of carbonyl (C=O) groups excluding carboxylic acids is 2. The molecular formula is C25H29F3N6O4. The van der Waals surface area contributed by atoms with Gasteiger partial charge in [0.25, 0.3) is 5.56 Å². The van der Waals surface area contributed by atoms with Gasteiger partial charge in [-0.2, -0.15) is 18.3 Å². The van der Waals surface area contributed by atoms with Crippen molar-refractivity contribution in [2.45, 2.75) is 32.9 Å². The molecule has 0 spiro atoms. The molecule has 0 aliphatic carbocycles. The van der Waals surface area contributed by atoms with Crippen LogP contribution in [0.15, 0.2) is 23.0 Å². The first-order valence-electron chi connectivity index (χ1n) is 12.4. The fraction of sp³-hybridized carbons (Fsp3) is 0.480. The van der Waals surface area contributed by atoms with Crippen molar-refractivity contribution in [2.75, 3.05) is 39.3 Å². The number of nitrogens with zero attached hydrogens (tertiary/aromatic N) is 5. The maximum atomic E-state index is 13.1. The Hall–Kier alpha value is -3.74. The van der Waals surface area contributed by atoms with E-state index in [1.54, 1.807) is 30.1 Å². The summed E-state index contributed by atoms with van der Waals surface area (Å²) in [6.07, 6.45) is -3.45. The van der Waals surface area contributed by atoms with E-state index in [4.69, 9.17) is 4.74 Å². The van der Waals surface area contributed by atoms with Crippen molar-refractivity contribution in [3.8, 4) is 17.1 Å². The molecule has 0 unspecified atom stereocenters. The van der Waals surface area contributed by atoms with E-state index in [9.17, 15) is 27.6 Å². The Morgan fingerprint density at radius 2 is 1.84 bits per heavy atom. The van der Waals surface area contributed by atoms with Crippen LogP contribution in [0.4, 0.5) is 13.2 Å². The lowest BCUT2D eigenvalue weighted by molar-refractivity contribution is -0.186. The van der Waals surface area contributed by atoms with Crippen molar-refractivity contribution in [3.05, 3.63) is 39.8 Å². The highest BCUT2D eigenvalue weighted by molar-refractivity contribution is 5.99. The molecule has 1 amide bonds. The molecule has 1 aliphatic heterocycles. The lowest BCUT2D eigenvalue weighted by Gasteiger charge is -2.34. The van der Waals surface area contributed by atoms with Crippen LogP contribution in [-0.2, 0) is 18.3 Å². The predicted molar refractivity (Wildman–Crippen MR) is 133 cm³/mol. The first-order valence-corrected chi connectivity index (χ1v) is 12.4. The van der Waals surface area contributed by atoms with Crippen molar-refractivity contribution < 1.29 is 27.5 Å². The summed E-state index contributed by atoms with van der Waals surface area (Å²) in [6, 6.07) is 4.83. The first-order chi connectivity index (χ1) is 18.0. The van der Waals surface area contributed by atoms with Crippen molar-refractivity contribution in [2.24, 2.45) is 7.05 Å². The third-order valence-electron chi connectivity index (χ3n) is 6.38. The summed E-state index contributed by atoms with van der Waals surface area (Å²) < 4.78 is 45.3. The summed E-state index contributed by atoms with van der Waals surface area (Å²) >= 11 is 0. The van der Waals surface area contributed by atoms with Crippen LogP contribution >= 0.6 is 0 Å². The lowest BCUT2D eigenvalue weighted by Crippen LogP contribution is -2.53. The number of hydrogen-bond donors (Lipinski definition) is 1. The highest BCUT2D eigenvalue weighted by Crippen LogP contribution is 2.30. The second kappa shape index (κ2) is 10.9. The number of carbonyl (C=O) groups is 2. The summed E-state index contributed by atoms with van der Waals surface area (Å²) in [5.74, 6) is -1.45. The van der Waals surface area contributed by atoms with Gasteiger partial charge in [0, 0.05) is 38.8 Å². The number of H-pyrrole nitrogens is 1. The van der Waals surface area contributed by atoms with Crippen LogP contribution in [-0.4, -0.2) is 86.7 Å². The van der Waals surface area contributed by atoms with Gasteiger partial charge in [-0.25, -0.2) is 4.98 Å². The molecule has 10 nitrogen and oxygen atoms in total. The number of aryl methyl sites for hydroxylation is 2. The smallest absolute Gasteiger partial charge is 0.471 e. The molecular weight excluding hydrogens is 505 g/mol. The second-order valence-electron chi connectivity index (χ2n) is 9.07. The highest BCUT2D eigenvalue weighted by Gasteiger charge is 2.43. The molecule has 1 saturated heterocycles. The normalized spacial score (nSPS) is 14.7. The number of alkyl halides is 3. The van der Waals surface area contributed by atoms with E-state index in [0.29, 0.717) is 46.6 Å². The van der Waals surface area contributed by atoms with Gasteiger partial charge in [0.2, 0.25) is 0 Å². The monoisotopic (exact) mass is 534 g/mol. The average Bonchev–Trinajstić information content (AvgIpc) is 3.19. The third kappa shape index (κ3) is 5.57. The van der Waals surface area contributed by atoms with Crippen LogP contribution in [0, 0.1) is 0 Å².